The monoisotopic (exact) mass is 454 g/mol. The van der Waals surface area contributed by atoms with Gasteiger partial charge in [-0.3, -0.25) is 9.36 Å². The highest BCUT2D eigenvalue weighted by molar-refractivity contribution is 5.79. The molecule has 0 bridgehead atoms. The summed E-state index contributed by atoms with van der Waals surface area (Å²) < 4.78 is 21.2. The number of carbonyl (C=O) groups excluding carboxylic acids is 1. The summed E-state index contributed by atoms with van der Waals surface area (Å²) in [5, 5.41) is 0. The zero-order chi connectivity index (χ0) is 22.8. The van der Waals surface area contributed by atoms with E-state index in [2.05, 4.69) is 14.8 Å². The maximum Gasteiger partial charge on any atom is 0.236 e. The molecule has 174 valence electrons. The van der Waals surface area contributed by atoms with Gasteiger partial charge in [0.25, 0.3) is 0 Å². The molecule has 0 saturated carbocycles. The first-order chi connectivity index (χ1) is 16.2. The van der Waals surface area contributed by atoms with Gasteiger partial charge >= 0.3 is 0 Å². The molecule has 2 N–H and O–H groups in total. The highest BCUT2D eigenvalue weighted by Gasteiger charge is 2.25. The fraction of sp³-hybridized carbons (Fsp3) is 0.455. The number of piperazine rings is 1. The van der Waals surface area contributed by atoms with Crippen molar-refractivity contribution >= 4 is 28.7 Å². The van der Waals surface area contributed by atoms with Gasteiger partial charge in [0, 0.05) is 45.3 Å². The van der Waals surface area contributed by atoms with E-state index >= 15 is 0 Å². The topological polar surface area (TPSA) is 106 Å². The van der Waals surface area contributed by atoms with Crippen molar-refractivity contribution in [2.45, 2.75) is 6.67 Å². The first-order valence-corrected chi connectivity index (χ1v) is 11.1. The van der Waals surface area contributed by atoms with Crippen molar-refractivity contribution in [2.75, 3.05) is 68.8 Å². The summed E-state index contributed by atoms with van der Waals surface area (Å²) in [5.41, 5.74) is 7.02. The largest absolute Gasteiger partial charge is 0.378 e. The van der Waals surface area contributed by atoms with Gasteiger partial charge in [0.15, 0.2) is 0 Å². The summed E-state index contributed by atoms with van der Waals surface area (Å²) in [6.07, 6.45) is 0. The van der Waals surface area contributed by atoms with Gasteiger partial charge in [0.2, 0.25) is 11.9 Å². The Bertz CT molecular complexity index is 1140. The molecular formula is C22H27FN8O2. The van der Waals surface area contributed by atoms with Gasteiger partial charge in [0.1, 0.15) is 24.1 Å². The number of aromatic nitrogens is 4. The van der Waals surface area contributed by atoms with Crippen LogP contribution < -0.4 is 15.5 Å². The van der Waals surface area contributed by atoms with Crippen LogP contribution >= 0.6 is 0 Å². The van der Waals surface area contributed by atoms with E-state index in [4.69, 9.17) is 20.4 Å². The number of hydrogen-bond acceptors (Lipinski definition) is 8. The molecule has 33 heavy (non-hydrogen) atoms. The number of rotatable bonds is 5. The van der Waals surface area contributed by atoms with Crippen molar-refractivity contribution in [3.63, 3.8) is 0 Å². The molecular weight excluding hydrogens is 427 g/mol. The van der Waals surface area contributed by atoms with Gasteiger partial charge in [-0.15, -0.1) is 0 Å². The van der Waals surface area contributed by atoms with Crippen LogP contribution in [0.1, 0.15) is 5.82 Å². The molecule has 0 spiro atoms. The molecule has 0 unspecified atom stereocenters. The van der Waals surface area contributed by atoms with E-state index in [-0.39, 0.29) is 12.5 Å². The molecule has 2 fully saturated rings. The van der Waals surface area contributed by atoms with E-state index in [1.165, 1.54) is 0 Å². The number of anilines is 2. The summed E-state index contributed by atoms with van der Waals surface area (Å²) in [4.78, 5) is 32.1. The molecule has 1 amide bonds. The van der Waals surface area contributed by atoms with Crippen LogP contribution in [-0.4, -0.2) is 89.4 Å². The van der Waals surface area contributed by atoms with Crippen molar-refractivity contribution < 1.29 is 13.9 Å². The number of alkyl halides is 1. The number of amides is 1. The average molecular weight is 455 g/mol. The quantitative estimate of drug-likeness (QED) is 0.602. The minimum Gasteiger partial charge on any atom is -0.378 e. The van der Waals surface area contributed by atoms with Gasteiger partial charge in [0.05, 0.1) is 30.8 Å². The van der Waals surface area contributed by atoms with Crippen molar-refractivity contribution in [1.82, 2.24) is 24.4 Å². The standard InChI is InChI=1S/C22H27FN8O2/c23-14-20-25-16-3-1-2-4-17(16)31(20)19-13-18(28-9-11-33-12-10-28)26-22(27-19)30-7-5-29(6-8-30)21(32)15-24/h1-4,13H,5-12,14-15,24H2. The van der Waals surface area contributed by atoms with Crippen molar-refractivity contribution in [3.05, 3.63) is 36.2 Å². The molecule has 11 heteroatoms. The molecule has 10 nitrogen and oxygen atoms in total. The second-order valence-electron chi connectivity index (χ2n) is 8.04. The zero-order valence-electron chi connectivity index (χ0n) is 18.4. The third-order valence-corrected chi connectivity index (χ3v) is 6.09. The van der Waals surface area contributed by atoms with Gasteiger partial charge in [-0.2, -0.15) is 9.97 Å². The van der Waals surface area contributed by atoms with E-state index in [0.717, 1.165) is 24.4 Å². The molecule has 2 aliphatic rings. The number of imidazole rings is 1. The number of ether oxygens (including phenoxy) is 1. The first kappa shape index (κ1) is 21.5. The van der Waals surface area contributed by atoms with Crippen LogP contribution in [0.3, 0.4) is 0 Å². The fourth-order valence-corrected chi connectivity index (χ4v) is 4.33. The van der Waals surface area contributed by atoms with Gasteiger partial charge in [-0.1, -0.05) is 12.1 Å². The maximum atomic E-state index is 14.0. The summed E-state index contributed by atoms with van der Waals surface area (Å²) in [6, 6.07) is 9.45. The summed E-state index contributed by atoms with van der Waals surface area (Å²) in [6.45, 7) is 4.28. The molecule has 4 heterocycles. The van der Waals surface area contributed by atoms with Gasteiger partial charge in [-0.05, 0) is 12.1 Å². The van der Waals surface area contributed by atoms with Crippen LogP contribution in [0.2, 0.25) is 0 Å². The molecule has 0 radical (unpaired) electrons. The fourth-order valence-electron chi connectivity index (χ4n) is 4.33. The lowest BCUT2D eigenvalue weighted by Gasteiger charge is -2.35. The molecule has 0 aliphatic carbocycles. The third kappa shape index (κ3) is 4.21. The van der Waals surface area contributed by atoms with Crippen LogP contribution in [0.4, 0.5) is 16.2 Å². The zero-order valence-corrected chi connectivity index (χ0v) is 18.4. The van der Waals surface area contributed by atoms with Gasteiger partial charge in [-0.25, -0.2) is 9.37 Å². The number of fused-ring (bicyclic) bond motifs is 1. The highest BCUT2D eigenvalue weighted by Crippen LogP contribution is 2.26. The SMILES string of the molecule is NCC(=O)N1CCN(c2nc(N3CCOCC3)cc(-n3c(CF)nc4ccccc43)n2)CC1. The van der Waals surface area contributed by atoms with Crippen molar-refractivity contribution in [1.29, 1.82) is 0 Å². The van der Waals surface area contributed by atoms with E-state index in [0.29, 0.717) is 62.5 Å². The minimum atomic E-state index is -0.708. The van der Waals surface area contributed by atoms with Crippen molar-refractivity contribution in [3.8, 4) is 5.82 Å². The van der Waals surface area contributed by atoms with Gasteiger partial charge < -0.3 is 25.2 Å². The van der Waals surface area contributed by atoms with E-state index in [1.54, 1.807) is 9.47 Å². The molecule has 1 aromatic carbocycles. The Kier molecular flexibility index (Phi) is 6.05. The van der Waals surface area contributed by atoms with Crippen molar-refractivity contribution in [2.24, 2.45) is 5.73 Å². The second kappa shape index (κ2) is 9.28. The predicted molar refractivity (Wildman–Crippen MR) is 122 cm³/mol. The number of morpholine rings is 1. The third-order valence-electron chi connectivity index (χ3n) is 6.09. The molecule has 3 aromatic rings. The lowest BCUT2D eigenvalue weighted by molar-refractivity contribution is -0.129. The molecule has 2 aromatic heterocycles. The van der Waals surface area contributed by atoms with Crippen LogP contribution in [-0.2, 0) is 16.2 Å². The normalized spacial score (nSPS) is 17.1. The lowest BCUT2D eigenvalue weighted by atomic mass is 10.3. The van der Waals surface area contributed by atoms with E-state index < -0.39 is 6.67 Å². The average Bonchev–Trinajstić information content (AvgIpc) is 3.27. The van der Waals surface area contributed by atoms with E-state index in [9.17, 15) is 9.18 Å². The molecule has 2 saturated heterocycles. The molecule has 5 rings (SSSR count). The summed E-state index contributed by atoms with van der Waals surface area (Å²) >= 11 is 0. The maximum absolute atomic E-state index is 14.0. The highest BCUT2D eigenvalue weighted by atomic mass is 19.1. The smallest absolute Gasteiger partial charge is 0.236 e. The van der Waals surface area contributed by atoms with Crippen LogP contribution in [0.25, 0.3) is 16.9 Å². The summed E-state index contributed by atoms with van der Waals surface area (Å²) in [7, 11) is 0. The Morgan fingerprint density at radius 1 is 0.970 bits per heavy atom. The Labute approximate surface area is 190 Å². The number of hydrogen-bond donors (Lipinski definition) is 1. The minimum absolute atomic E-state index is 0.00682. The Morgan fingerprint density at radius 2 is 1.70 bits per heavy atom. The Balaban J connectivity index is 1.56. The summed E-state index contributed by atoms with van der Waals surface area (Å²) in [5.74, 6) is 2.13. The number of halogens is 1. The number of carbonyl (C=O) groups is 1. The Morgan fingerprint density at radius 3 is 2.42 bits per heavy atom. The number of nitrogens with zero attached hydrogens (tertiary/aromatic N) is 7. The molecule has 2 aliphatic heterocycles. The van der Waals surface area contributed by atoms with Crippen LogP contribution in [0, 0.1) is 0 Å². The second-order valence-corrected chi connectivity index (χ2v) is 8.04. The predicted octanol–water partition coefficient (Wildman–Crippen LogP) is 0.729. The lowest BCUT2D eigenvalue weighted by Crippen LogP contribution is -2.51. The van der Waals surface area contributed by atoms with Crippen LogP contribution in [0.5, 0.6) is 0 Å². The number of benzene rings is 1. The number of para-hydroxylation sites is 2. The van der Waals surface area contributed by atoms with Crippen LogP contribution in [0.15, 0.2) is 30.3 Å². The number of nitrogens with two attached hydrogens (primary N) is 1. The Hall–Kier alpha value is -3.31. The molecule has 0 atom stereocenters. The first-order valence-electron chi connectivity index (χ1n) is 11.1. The van der Waals surface area contributed by atoms with E-state index in [1.807, 2.05) is 30.3 Å².